The molecule has 1 aromatic carbocycles. The van der Waals surface area contributed by atoms with Crippen molar-refractivity contribution in [2.75, 3.05) is 11.9 Å². The Morgan fingerprint density at radius 1 is 1.21 bits per heavy atom. The molecule has 19 heavy (non-hydrogen) atoms. The van der Waals surface area contributed by atoms with Gasteiger partial charge >= 0.3 is 0 Å². The molecule has 2 N–H and O–H groups in total. The minimum Gasteiger partial charge on any atom is -0.371 e. The molecular weight excluding hydrogens is 232 g/mol. The fourth-order valence-electron chi connectivity index (χ4n) is 2.40. The molecule has 0 bridgehead atoms. The van der Waals surface area contributed by atoms with Crippen LogP contribution in [0.2, 0.25) is 0 Å². The molecule has 0 aliphatic carbocycles. The number of nitrogens with two attached hydrogens (primary N) is 1. The molecule has 2 atom stereocenters. The van der Waals surface area contributed by atoms with E-state index < -0.39 is 0 Å². The summed E-state index contributed by atoms with van der Waals surface area (Å²) >= 11 is 0. The maximum atomic E-state index is 5.87. The van der Waals surface area contributed by atoms with E-state index in [2.05, 4.69) is 71.7 Å². The van der Waals surface area contributed by atoms with E-state index in [1.165, 1.54) is 16.8 Å². The molecule has 2 unspecified atom stereocenters. The van der Waals surface area contributed by atoms with E-state index in [0.717, 1.165) is 6.42 Å². The van der Waals surface area contributed by atoms with Gasteiger partial charge in [-0.1, -0.05) is 32.9 Å². The fourth-order valence-corrected chi connectivity index (χ4v) is 2.40. The summed E-state index contributed by atoms with van der Waals surface area (Å²) in [6, 6.07) is 7.42. The first-order valence-electron chi connectivity index (χ1n) is 7.21. The maximum Gasteiger partial charge on any atom is 0.0396 e. The molecule has 2 heteroatoms. The monoisotopic (exact) mass is 262 g/mol. The predicted octanol–water partition coefficient (Wildman–Crippen LogP) is 3.76. The molecule has 108 valence electrons. The van der Waals surface area contributed by atoms with Gasteiger partial charge in [0.05, 0.1) is 0 Å². The van der Waals surface area contributed by atoms with Crippen LogP contribution in [0.5, 0.6) is 0 Å². The highest BCUT2D eigenvalue weighted by Gasteiger charge is 2.24. The van der Waals surface area contributed by atoms with E-state index in [9.17, 15) is 0 Å². The topological polar surface area (TPSA) is 29.3 Å². The minimum atomic E-state index is 0.219. The van der Waals surface area contributed by atoms with E-state index in [0.29, 0.717) is 6.04 Å². The van der Waals surface area contributed by atoms with Gasteiger partial charge in [-0.3, -0.25) is 0 Å². The molecule has 0 spiro atoms. The van der Waals surface area contributed by atoms with Crippen molar-refractivity contribution in [2.24, 2.45) is 11.1 Å². The van der Waals surface area contributed by atoms with Crippen LogP contribution in [0.1, 0.15) is 45.7 Å². The highest BCUT2D eigenvalue weighted by molar-refractivity contribution is 5.55. The van der Waals surface area contributed by atoms with E-state index >= 15 is 0 Å². The molecule has 2 nitrogen and oxygen atoms in total. The highest BCUT2D eigenvalue weighted by Crippen LogP contribution is 2.29. The normalized spacial score (nSPS) is 15.2. The third kappa shape index (κ3) is 4.24. The zero-order valence-corrected chi connectivity index (χ0v) is 13.6. The molecule has 1 rings (SSSR count). The number of nitrogens with zero attached hydrogens (tertiary/aromatic N) is 1. The Labute approximate surface area is 119 Å². The van der Waals surface area contributed by atoms with Crippen LogP contribution < -0.4 is 10.6 Å². The molecule has 0 heterocycles. The van der Waals surface area contributed by atoms with Gasteiger partial charge in [-0.2, -0.15) is 0 Å². The Hall–Kier alpha value is -1.02. The number of rotatable bonds is 4. The molecule has 1 aromatic rings. The quantitative estimate of drug-likeness (QED) is 0.895. The van der Waals surface area contributed by atoms with Crippen molar-refractivity contribution in [3.05, 3.63) is 29.3 Å². The van der Waals surface area contributed by atoms with E-state index in [4.69, 9.17) is 5.73 Å². The lowest BCUT2D eigenvalue weighted by Gasteiger charge is -2.37. The summed E-state index contributed by atoms with van der Waals surface area (Å²) < 4.78 is 0. The summed E-state index contributed by atoms with van der Waals surface area (Å²) in [6.45, 7) is 13.4. The molecule has 0 aliphatic rings. The molecule has 0 fully saturated rings. The molecular formula is C17H30N2. The van der Waals surface area contributed by atoms with E-state index in [-0.39, 0.29) is 11.5 Å². The van der Waals surface area contributed by atoms with Crippen molar-refractivity contribution in [1.29, 1.82) is 0 Å². The third-order valence-corrected chi connectivity index (χ3v) is 4.03. The van der Waals surface area contributed by atoms with Crippen molar-refractivity contribution >= 4 is 5.69 Å². The summed E-state index contributed by atoms with van der Waals surface area (Å²) in [5.41, 5.74) is 10.1. The van der Waals surface area contributed by atoms with Gasteiger partial charge in [-0.15, -0.1) is 0 Å². The fraction of sp³-hybridized carbons (Fsp3) is 0.647. The summed E-state index contributed by atoms with van der Waals surface area (Å²) in [6.07, 6.45) is 0.944. The molecule has 0 radical (unpaired) electrons. The molecule has 0 saturated carbocycles. The van der Waals surface area contributed by atoms with Gasteiger partial charge in [0, 0.05) is 24.8 Å². The van der Waals surface area contributed by atoms with Crippen LogP contribution in [-0.2, 0) is 6.42 Å². The van der Waals surface area contributed by atoms with Gasteiger partial charge in [-0.25, -0.2) is 0 Å². The van der Waals surface area contributed by atoms with E-state index in [1.54, 1.807) is 0 Å². The number of hydrogen-bond donors (Lipinski definition) is 1. The van der Waals surface area contributed by atoms with Gasteiger partial charge in [0.15, 0.2) is 0 Å². The largest absolute Gasteiger partial charge is 0.371 e. The second kappa shape index (κ2) is 5.96. The highest BCUT2D eigenvalue weighted by atomic mass is 15.1. The van der Waals surface area contributed by atoms with Gasteiger partial charge < -0.3 is 10.6 Å². The number of benzene rings is 1. The summed E-state index contributed by atoms with van der Waals surface area (Å²) in [5, 5.41) is 0. The van der Waals surface area contributed by atoms with Crippen LogP contribution in [-0.4, -0.2) is 19.1 Å². The number of anilines is 1. The zero-order chi connectivity index (χ0) is 14.8. The Kier molecular flexibility index (Phi) is 5.03. The molecule has 0 aromatic heterocycles. The van der Waals surface area contributed by atoms with Gasteiger partial charge in [0.25, 0.3) is 0 Å². The average Bonchev–Trinajstić information content (AvgIpc) is 2.25. The van der Waals surface area contributed by atoms with Crippen LogP contribution in [0.25, 0.3) is 0 Å². The lowest BCUT2D eigenvalue weighted by molar-refractivity contribution is 0.329. The van der Waals surface area contributed by atoms with Crippen LogP contribution in [0.4, 0.5) is 5.69 Å². The lowest BCUT2D eigenvalue weighted by atomic mass is 9.86. The summed E-state index contributed by atoms with van der Waals surface area (Å²) in [4.78, 5) is 2.38. The van der Waals surface area contributed by atoms with Gasteiger partial charge in [0.2, 0.25) is 0 Å². The molecule has 0 aliphatic heterocycles. The summed E-state index contributed by atoms with van der Waals surface area (Å²) in [7, 11) is 2.18. The first-order chi connectivity index (χ1) is 8.62. The first-order valence-corrected chi connectivity index (χ1v) is 7.21. The second-order valence-corrected chi connectivity index (χ2v) is 6.96. The smallest absolute Gasteiger partial charge is 0.0396 e. The summed E-state index contributed by atoms with van der Waals surface area (Å²) in [5.74, 6) is 0. The first kappa shape index (κ1) is 16.0. The van der Waals surface area contributed by atoms with Gasteiger partial charge in [-0.05, 0) is 49.8 Å². The van der Waals surface area contributed by atoms with E-state index in [1.807, 2.05) is 0 Å². The van der Waals surface area contributed by atoms with Crippen molar-refractivity contribution in [3.63, 3.8) is 0 Å². The van der Waals surface area contributed by atoms with Crippen molar-refractivity contribution in [3.8, 4) is 0 Å². The SMILES string of the molecule is Cc1cc(CC(C)N)ccc1N(C)C(C)C(C)(C)C. The Bertz CT molecular complexity index is 416. The average molecular weight is 262 g/mol. The zero-order valence-electron chi connectivity index (χ0n) is 13.6. The lowest BCUT2D eigenvalue weighted by Crippen LogP contribution is -2.39. The molecule has 0 amide bonds. The third-order valence-electron chi connectivity index (χ3n) is 4.03. The Morgan fingerprint density at radius 2 is 1.79 bits per heavy atom. The van der Waals surface area contributed by atoms with Crippen molar-refractivity contribution in [1.82, 2.24) is 0 Å². The van der Waals surface area contributed by atoms with Crippen LogP contribution >= 0.6 is 0 Å². The Balaban J connectivity index is 2.96. The van der Waals surface area contributed by atoms with Crippen LogP contribution in [0.15, 0.2) is 18.2 Å². The van der Waals surface area contributed by atoms with Crippen molar-refractivity contribution in [2.45, 2.75) is 60.0 Å². The minimum absolute atomic E-state index is 0.219. The van der Waals surface area contributed by atoms with Crippen LogP contribution in [0, 0.1) is 12.3 Å². The standard InChI is InChI=1S/C17H30N2/c1-12-10-15(11-13(2)18)8-9-16(12)19(7)14(3)17(4,5)6/h8-10,13-14H,11,18H2,1-7H3. The maximum absolute atomic E-state index is 5.87. The second-order valence-electron chi connectivity index (χ2n) is 6.96. The Morgan fingerprint density at radius 3 is 2.21 bits per heavy atom. The number of hydrogen-bond acceptors (Lipinski definition) is 2. The molecule has 0 saturated heterocycles. The van der Waals surface area contributed by atoms with Crippen molar-refractivity contribution < 1.29 is 0 Å². The predicted molar refractivity (Wildman–Crippen MR) is 85.9 cm³/mol. The number of aryl methyl sites for hydroxylation is 1. The van der Waals surface area contributed by atoms with Crippen LogP contribution in [0.3, 0.4) is 0 Å². The van der Waals surface area contributed by atoms with Gasteiger partial charge in [0.1, 0.15) is 0 Å².